The third kappa shape index (κ3) is 2.82. The van der Waals surface area contributed by atoms with Crippen molar-refractivity contribution in [3.05, 3.63) is 65.5 Å². The molecule has 5 heteroatoms. The van der Waals surface area contributed by atoms with Gasteiger partial charge in [-0.2, -0.15) is 13.3 Å². The second kappa shape index (κ2) is 6.51. The van der Waals surface area contributed by atoms with Crippen molar-refractivity contribution < 1.29 is 18.1 Å². The lowest BCUT2D eigenvalue weighted by molar-refractivity contribution is -0.664. The number of para-hydroxylation sites is 2. The number of hydrogen-bond donors (Lipinski definition) is 0. The van der Waals surface area contributed by atoms with Crippen LogP contribution in [-0.4, -0.2) is 10.4 Å². The Morgan fingerprint density at radius 2 is 1.79 bits per heavy atom. The van der Waals surface area contributed by atoms with Gasteiger partial charge in [0.15, 0.2) is 17.6 Å². The van der Waals surface area contributed by atoms with Gasteiger partial charge in [0.1, 0.15) is 0 Å². The maximum absolute atomic E-state index is 13.4. The quantitative estimate of drug-likeness (QED) is 0.512. The molecule has 0 aliphatic carbocycles. The van der Waals surface area contributed by atoms with Crippen molar-refractivity contribution in [3.8, 4) is 0 Å². The highest BCUT2D eigenvalue weighted by molar-refractivity contribution is 5.95. The van der Waals surface area contributed by atoms with Crippen LogP contribution >= 0.6 is 0 Å². The molecule has 0 fully saturated rings. The van der Waals surface area contributed by atoms with Crippen molar-refractivity contribution in [2.75, 3.05) is 0 Å². The van der Waals surface area contributed by atoms with Crippen LogP contribution < -0.4 is 4.57 Å². The van der Waals surface area contributed by atoms with Crippen molar-refractivity contribution in [2.45, 2.75) is 33.4 Å². The predicted octanol–water partition coefficient (Wildman–Crippen LogP) is 4.08. The van der Waals surface area contributed by atoms with Crippen molar-refractivity contribution in [2.24, 2.45) is 0 Å². The number of rotatable bonds is 5. The van der Waals surface area contributed by atoms with Crippen LogP contribution in [0.15, 0.2) is 48.5 Å². The molecule has 0 aliphatic rings. The molecule has 2 aromatic carbocycles. The molecule has 0 spiro atoms. The summed E-state index contributed by atoms with van der Waals surface area (Å²) in [5.74, 6) is 0.271. The minimum atomic E-state index is -2.64. The molecule has 1 aromatic heterocycles. The first-order valence-corrected chi connectivity index (χ1v) is 7.92. The van der Waals surface area contributed by atoms with Gasteiger partial charge < -0.3 is 0 Å². The molecular weight excluding hydrogens is 310 g/mol. The molecule has 0 amide bonds. The Hall–Kier alpha value is -2.56. The Balaban J connectivity index is 2.00. The number of Topliss-reactive ketones (excluding diaryl/α,β-unsaturated/α-hetero) is 1. The molecule has 1 heterocycles. The van der Waals surface area contributed by atoms with Crippen LogP contribution in [0.5, 0.6) is 0 Å². The summed E-state index contributed by atoms with van der Waals surface area (Å²) in [6.45, 7) is 1.06. The second-order valence-corrected chi connectivity index (χ2v) is 5.74. The van der Waals surface area contributed by atoms with Gasteiger partial charge >= 0.3 is 6.55 Å². The molecule has 3 aromatic rings. The van der Waals surface area contributed by atoms with Crippen molar-refractivity contribution in [1.82, 2.24) is 4.57 Å². The molecule has 0 saturated heterocycles. The molecule has 0 bridgehead atoms. The number of ketones is 1. The van der Waals surface area contributed by atoms with Gasteiger partial charge in [0.2, 0.25) is 5.78 Å². The van der Waals surface area contributed by atoms with Gasteiger partial charge in [0.25, 0.3) is 5.82 Å². The van der Waals surface area contributed by atoms with E-state index in [2.05, 4.69) is 6.92 Å². The van der Waals surface area contributed by atoms with E-state index in [1.807, 2.05) is 12.1 Å². The van der Waals surface area contributed by atoms with E-state index in [4.69, 9.17) is 0 Å². The number of carbonyl (C=O) groups is 1. The van der Waals surface area contributed by atoms with E-state index in [1.54, 1.807) is 47.9 Å². The summed E-state index contributed by atoms with van der Waals surface area (Å²) in [6.07, 6.45) is 0.907. The summed E-state index contributed by atoms with van der Waals surface area (Å²) in [5, 5.41) is 0. The lowest BCUT2D eigenvalue weighted by Crippen LogP contribution is -2.40. The number of halogens is 2. The monoisotopic (exact) mass is 329 g/mol. The minimum Gasteiger partial charge on any atom is -0.290 e. The largest absolute Gasteiger partial charge is 0.387 e. The molecule has 0 radical (unpaired) electrons. The molecular formula is C19H19F2N2O+. The smallest absolute Gasteiger partial charge is 0.290 e. The van der Waals surface area contributed by atoms with Crippen molar-refractivity contribution in [1.29, 1.82) is 0 Å². The van der Waals surface area contributed by atoms with Crippen LogP contribution in [0.2, 0.25) is 0 Å². The average Bonchev–Trinajstić information content (AvgIpc) is 2.87. The van der Waals surface area contributed by atoms with E-state index in [0.29, 0.717) is 22.4 Å². The predicted molar refractivity (Wildman–Crippen MR) is 88.3 cm³/mol. The van der Waals surface area contributed by atoms with E-state index in [9.17, 15) is 13.6 Å². The first kappa shape index (κ1) is 16.3. The molecule has 0 N–H and O–H groups in total. The Kier molecular flexibility index (Phi) is 4.42. The topological polar surface area (TPSA) is 25.9 Å². The van der Waals surface area contributed by atoms with Crippen LogP contribution in [0.4, 0.5) is 8.78 Å². The van der Waals surface area contributed by atoms with Crippen molar-refractivity contribution >= 4 is 16.8 Å². The van der Waals surface area contributed by atoms with Crippen LogP contribution in [0, 0.1) is 6.92 Å². The van der Waals surface area contributed by atoms with E-state index in [0.717, 1.165) is 16.6 Å². The fourth-order valence-electron chi connectivity index (χ4n) is 2.98. The standard InChI is InChI=1S/C19H19F2N2O/c1-3-14-8-10-15(11-9-14)18(24)12-22-13(2)23(19(20)21)17-7-5-4-6-16(17)22/h4-11,19H,3,12H2,1-2H3/q+1. The Morgan fingerprint density at radius 1 is 1.12 bits per heavy atom. The van der Waals surface area contributed by atoms with Gasteiger partial charge in [-0.3, -0.25) is 4.79 Å². The van der Waals surface area contributed by atoms with Gasteiger partial charge in [0, 0.05) is 12.5 Å². The number of aromatic nitrogens is 2. The summed E-state index contributed by atoms with van der Waals surface area (Å²) >= 11 is 0. The summed E-state index contributed by atoms with van der Waals surface area (Å²) in [7, 11) is 0. The highest BCUT2D eigenvalue weighted by Gasteiger charge is 2.28. The number of benzene rings is 2. The normalized spacial score (nSPS) is 11.4. The molecule has 0 atom stereocenters. The molecule has 3 nitrogen and oxygen atoms in total. The third-order valence-corrected chi connectivity index (χ3v) is 4.35. The summed E-state index contributed by atoms with van der Waals surface area (Å²) in [5.41, 5.74) is 2.81. The van der Waals surface area contributed by atoms with Crippen LogP contribution in [-0.2, 0) is 13.0 Å². The van der Waals surface area contributed by atoms with E-state index < -0.39 is 6.55 Å². The zero-order chi connectivity index (χ0) is 17.3. The number of imidazole rings is 1. The lowest BCUT2D eigenvalue weighted by atomic mass is 10.1. The van der Waals surface area contributed by atoms with E-state index in [-0.39, 0.29) is 12.3 Å². The van der Waals surface area contributed by atoms with E-state index in [1.165, 1.54) is 0 Å². The molecule has 0 saturated carbocycles. The maximum atomic E-state index is 13.4. The van der Waals surface area contributed by atoms with Crippen LogP contribution in [0.3, 0.4) is 0 Å². The summed E-state index contributed by atoms with van der Waals surface area (Å²) < 4.78 is 29.4. The molecule has 3 rings (SSSR count). The second-order valence-electron chi connectivity index (χ2n) is 5.74. The molecule has 24 heavy (non-hydrogen) atoms. The number of fused-ring (bicyclic) bond motifs is 1. The summed E-state index contributed by atoms with van der Waals surface area (Å²) in [6, 6.07) is 14.3. The number of hydrogen-bond acceptors (Lipinski definition) is 1. The minimum absolute atomic E-state index is 0.0392. The Bertz CT molecular complexity index is 882. The first-order valence-electron chi connectivity index (χ1n) is 7.92. The van der Waals surface area contributed by atoms with Gasteiger partial charge in [-0.15, -0.1) is 0 Å². The van der Waals surface area contributed by atoms with Crippen molar-refractivity contribution in [3.63, 3.8) is 0 Å². The van der Waals surface area contributed by atoms with Gasteiger partial charge in [-0.25, -0.2) is 4.57 Å². The van der Waals surface area contributed by atoms with Crippen LogP contribution in [0.25, 0.3) is 11.0 Å². The SMILES string of the molecule is CCc1ccc(C(=O)C[n+]2c(C)n(C(F)F)c3ccccc32)cc1. The number of nitrogens with zero attached hydrogens (tertiary/aromatic N) is 2. The third-order valence-electron chi connectivity index (χ3n) is 4.35. The summed E-state index contributed by atoms with van der Waals surface area (Å²) in [4.78, 5) is 12.6. The fourth-order valence-corrected chi connectivity index (χ4v) is 2.98. The molecule has 0 unspecified atom stereocenters. The first-order chi connectivity index (χ1) is 11.5. The Labute approximate surface area is 139 Å². The van der Waals surface area contributed by atoms with Gasteiger partial charge in [0.05, 0.1) is 0 Å². The van der Waals surface area contributed by atoms with Crippen LogP contribution in [0.1, 0.15) is 35.2 Å². The zero-order valence-electron chi connectivity index (χ0n) is 13.7. The highest BCUT2D eigenvalue weighted by Crippen LogP contribution is 2.21. The van der Waals surface area contributed by atoms with Gasteiger partial charge in [-0.05, 0) is 24.1 Å². The molecule has 0 aliphatic heterocycles. The average molecular weight is 329 g/mol. The van der Waals surface area contributed by atoms with E-state index >= 15 is 0 Å². The fraction of sp³-hybridized carbons (Fsp3) is 0.263. The number of aryl methyl sites for hydroxylation is 1. The Morgan fingerprint density at radius 3 is 2.42 bits per heavy atom. The number of alkyl halides is 2. The zero-order valence-corrected chi connectivity index (χ0v) is 13.7. The molecule has 124 valence electrons. The van der Waals surface area contributed by atoms with Gasteiger partial charge in [-0.1, -0.05) is 43.3 Å². The maximum Gasteiger partial charge on any atom is 0.387 e. The highest BCUT2D eigenvalue weighted by atomic mass is 19.3. The lowest BCUT2D eigenvalue weighted by Gasteiger charge is -2.03. The number of carbonyl (C=O) groups excluding carboxylic acids is 1.